The maximum Gasteiger partial charge on any atom is 0.433 e. The highest BCUT2D eigenvalue weighted by molar-refractivity contribution is 7.21. The number of primary amides is 1. The zero-order valence-corrected chi connectivity index (χ0v) is 24.1. The van der Waals surface area contributed by atoms with Crippen LogP contribution >= 0.6 is 11.3 Å². The van der Waals surface area contributed by atoms with E-state index in [0.717, 1.165) is 23.9 Å². The number of nitrogens with zero attached hydrogens (tertiary/aromatic N) is 4. The summed E-state index contributed by atoms with van der Waals surface area (Å²) < 4.78 is 75.9. The summed E-state index contributed by atoms with van der Waals surface area (Å²) in [4.78, 5) is 34.2. The molecule has 0 aliphatic heterocycles. The van der Waals surface area contributed by atoms with Crippen LogP contribution in [-0.2, 0) is 6.18 Å². The van der Waals surface area contributed by atoms with Gasteiger partial charge >= 0.3 is 6.18 Å². The van der Waals surface area contributed by atoms with Crippen molar-refractivity contribution < 1.29 is 36.0 Å². The van der Waals surface area contributed by atoms with E-state index in [2.05, 4.69) is 20.4 Å². The van der Waals surface area contributed by atoms with Gasteiger partial charge in [0.05, 0.1) is 23.8 Å². The summed E-state index contributed by atoms with van der Waals surface area (Å²) in [6.45, 7) is 3.95. The number of hydrogen-bond acceptors (Lipinski definition) is 7. The molecule has 0 saturated heterocycles. The molecule has 6 aromatic rings. The van der Waals surface area contributed by atoms with Crippen LogP contribution in [0.15, 0.2) is 65.4 Å². The number of carbonyl (C=O) groups is 2. The Bertz CT molecular complexity index is 2080. The average Bonchev–Trinajstić information content (AvgIpc) is 3.75. The second-order valence-corrected chi connectivity index (χ2v) is 11.3. The molecule has 45 heavy (non-hydrogen) atoms. The van der Waals surface area contributed by atoms with Crippen LogP contribution < -0.4 is 11.1 Å². The number of carbonyl (C=O) groups excluding carboxylic acids is 2. The zero-order valence-electron chi connectivity index (χ0n) is 23.3. The fraction of sp³-hybridized carbons (Fsp3) is 0.167. The van der Waals surface area contributed by atoms with Crippen LogP contribution in [0.1, 0.15) is 63.2 Å². The van der Waals surface area contributed by atoms with Crippen LogP contribution in [0.25, 0.3) is 38.4 Å². The second kappa shape index (κ2) is 11.1. The van der Waals surface area contributed by atoms with Crippen LogP contribution in [0, 0.1) is 0 Å². The number of rotatable bonds is 7. The number of alkyl halides is 5. The largest absolute Gasteiger partial charge is 0.464 e. The maximum absolute atomic E-state index is 14.2. The van der Waals surface area contributed by atoms with Gasteiger partial charge in [0.1, 0.15) is 26.7 Å². The van der Waals surface area contributed by atoms with E-state index in [9.17, 15) is 31.5 Å². The molecule has 0 aliphatic carbocycles. The maximum atomic E-state index is 14.2. The molecular weight excluding hydrogens is 619 g/mol. The molecule has 1 aromatic carbocycles. The van der Waals surface area contributed by atoms with Gasteiger partial charge < -0.3 is 15.5 Å². The summed E-state index contributed by atoms with van der Waals surface area (Å²) in [5, 5.41) is 6.39. The highest BCUT2D eigenvalue weighted by Crippen LogP contribution is 2.43. The number of anilines is 1. The first-order valence-corrected chi connectivity index (χ1v) is 14.1. The van der Waals surface area contributed by atoms with E-state index in [-0.39, 0.29) is 49.3 Å². The molecule has 0 spiro atoms. The molecule has 0 atom stereocenters. The Labute approximate surface area is 254 Å². The molecule has 6 rings (SSSR count). The van der Waals surface area contributed by atoms with Crippen molar-refractivity contribution in [3.63, 3.8) is 0 Å². The van der Waals surface area contributed by atoms with Crippen LogP contribution in [0.5, 0.6) is 0 Å². The third-order valence-electron chi connectivity index (χ3n) is 7.03. The van der Waals surface area contributed by atoms with Crippen molar-refractivity contribution in [3.05, 3.63) is 88.4 Å². The minimum atomic E-state index is -4.86. The normalized spacial score (nSPS) is 12.1. The Kier molecular flexibility index (Phi) is 7.35. The molecule has 15 heteroatoms. The van der Waals surface area contributed by atoms with Gasteiger partial charge in [0.15, 0.2) is 11.3 Å². The molecule has 0 fully saturated rings. The topological polar surface area (TPSA) is 128 Å². The first kappa shape index (κ1) is 29.9. The smallest absolute Gasteiger partial charge is 0.433 e. The minimum absolute atomic E-state index is 0.0484. The zero-order chi connectivity index (χ0) is 32.2. The van der Waals surface area contributed by atoms with Crippen molar-refractivity contribution in [2.45, 2.75) is 32.4 Å². The van der Waals surface area contributed by atoms with Gasteiger partial charge in [0, 0.05) is 16.5 Å². The summed E-state index contributed by atoms with van der Waals surface area (Å²) in [6.07, 6.45) is -5.61. The average molecular weight is 641 g/mol. The molecule has 3 N–H and O–H groups in total. The molecule has 5 heterocycles. The van der Waals surface area contributed by atoms with Gasteiger partial charge in [-0.05, 0) is 35.7 Å². The van der Waals surface area contributed by atoms with Gasteiger partial charge in [0.25, 0.3) is 18.2 Å². The SMILES string of the molecule is CC(C)c1ccc(-c2cc(C(F)(F)F)n3ncc(C(=O)Nc4c(C(N)=O)sc5nc(C(F)F)cc(-c6ccco6)c45)c3n2)cc1. The summed E-state index contributed by atoms with van der Waals surface area (Å²) >= 11 is 0.666. The molecule has 0 aliphatic rings. The third kappa shape index (κ3) is 5.39. The van der Waals surface area contributed by atoms with E-state index in [1.165, 1.54) is 18.4 Å². The number of amides is 2. The predicted molar refractivity (Wildman–Crippen MR) is 156 cm³/mol. The van der Waals surface area contributed by atoms with Crippen molar-refractivity contribution in [1.82, 2.24) is 19.6 Å². The Morgan fingerprint density at radius 2 is 1.80 bits per heavy atom. The molecule has 0 radical (unpaired) electrons. The van der Waals surface area contributed by atoms with E-state index < -0.39 is 41.5 Å². The number of furan rings is 1. The number of pyridine rings is 1. The molecule has 5 aromatic heterocycles. The number of benzene rings is 1. The lowest BCUT2D eigenvalue weighted by Gasteiger charge is -2.13. The highest BCUT2D eigenvalue weighted by Gasteiger charge is 2.36. The van der Waals surface area contributed by atoms with Crippen LogP contribution in [0.4, 0.5) is 27.6 Å². The number of hydrogen-bond donors (Lipinski definition) is 2. The van der Waals surface area contributed by atoms with Gasteiger partial charge in [0.2, 0.25) is 0 Å². The van der Waals surface area contributed by atoms with Crippen molar-refractivity contribution in [2.24, 2.45) is 5.73 Å². The van der Waals surface area contributed by atoms with Crippen molar-refractivity contribution in [2.75, 3.05) is 5.32 Å². The van der Waals surface area contributed by atoms with Crippen LogP contribution in [0.2, 0.25) is 0 Å². The predicted octanol–water partition coefficient (Wildman–Crippen LogP) is 7.70. The first-order chi connectivity index (χ1) is 21.3. The van der Waals surface area contributed by atoms with Crippen molar-refractivity contribution >= 4 is 44.7 Å². The quantitative estimate of drug-likeness (QED) is 0.172. The summed E-state index contributed by atoms with van der Waals surface area (Å²) in [7, 11) is 0. The molecule has 9 nitrogen and oxygen atoms in total. The van der Waals surface area contributed by atoms with Crippen LogP contribution in [-0.4, -0.2) is 31.4 Å². The number of nitrogens with one attached hydrogen (secondary N) is 1. The van der Waals surface area contributed by atoms with Gasteiger partial charge in [-0.3, -0.25) is 9.59 Å². The van der Waals surface area contributed by atoms with Gasteiger partial charge in [-0.15, -0.1) is 11.3 Å². The van der Waals surface area contributed by atoms with E-state index >= 15 is 0 Å². The van der Waals surface area contributed by atoms with Gasteiger partial charge in [-0.25, -0.2) is 23.3 Å². The second-order valence-electron chi connectivity index (χ2n) is 10.3. The van der Waals surface area contributed by atoms with E-state index in [4.69, 9.17) is 10.2 Å². The summed E-state index contributed by atoms with van der Waals surface area (Å²) in [5.74, 6) is -1.66. The number of aromatic nitrogens is 4. The van der Waals surface area contributed by atoms with Gasteiger partial charge in [-0.1, -0.05) is 38.1 Å². The van der Waals surface area contributed by atoms with Crippen molar-refractivity contribution in [3.8, 4) is 22.6 Å². The minimum Gasteiger partial charge on any atom is -0.464 e. The molecule has 230 valence electrons. The summed E-state index contributed by atoms with van der Waals surface area (Å²) in [6, 6.07) is 11.7. The fourth-order valence-electron chi connectivity index (χ4n) is 4.84. The van der Waals surface area contributed by atoms with Gasteiger partial charge in [-0.2, -0.15) is 18.3 Å². The Morgan fingerprint density at radius 3 is 2.40 bits per heavy atom. The lowest BCUT2D eigenvalue weighted by atomic mass is 10.0. The van der Waals surface area contributed by atoms with Crippen LogP contribution in [0.3, 0.4) is 0 Å². The third-order valence-corrected chi connectivity index (χ3v) is 8.13. The van der Waals surface area contributed by atoms with Crippen molar-refractivity contribution in [1.29, 1.82) is 0 Å². The molecule has 2 amide bonds. The molecule has 0 bridgehead atoms. The Morgan fingerprint density at radius 1 is 1.07 bits per heavy atom. The first-order valence-electron chi connectivity index (χ1n) is 13.3. The van der Waals surface area contributed by atoms with E-state index in [0.29, 0.717) is 21.4 Å². The molecular formula is C30H21F5N6O3S. The summed E-state index contributed by atoms with van der Waals surface area (Å²) in [5.41, 5.74) is 4.24. The lowest BCUT2D eigenvalue weighted by molar-refractivity contribution is -0.142. The Balaban J connectivity index is 1.51. The number of thiophene rings is 1. The number of halogens is 5. The number of fused-ring (bicyclic) bond motifs is 2. The lowest BCUT2D eigenvalue weighted by Crippen LogP contribution is -2.18. The Hall–Kier alpha value is -5.18. The molecule has 0 saturated carbocycles. The highest BCUT2D eigenvalue weighted by atomic mass is 32.1. The number of nitrogens with two attached hydrogens (primary N) is 1. The fourth-order valence-corrected chi connectivity index (χ4v) is 5.85. The standard InChI is InChI=1S/C30H21F5N6O3S/c1-13(2)14-5-7-15(8-6-14)18-11-21(30(33,34)35)41-27(38-18)17(12-37-41)28(43)40-23-22-16(20-4-3-9-44-20)10-19(25(31)32)39-29(22)45-24(23)26(36)42/h3-13,25H,1-2H3,(H2,36,42)(H,40,43). The monoisotopic (exact) mass is 640 g/mol. The van der Waals surface area contributed by atoms with E-state index in [1.807, 2.05) is 13.8 Å². The van der Waals surface area contributed by atoms with E-state index in [1.54, 1.807) is 24.3 Å². The molecule has 0 unspecified atom stereocenters.